The predicted molar refractivity (Wildman–Crippen MR) is 133 cm³/mol. The fourth-order valence-electron chi connectivity index (χ4n) is 4.11. The Morgan fingerprint density at radius 1 is 1.00 bits per heavy atom. The number of nitrogens with zero attached hydrogens (tertiary/aromatic N) is 7. The van der Waals surface area contributed by atoms with Gasteiger partial charge in [0, 0.05) is 36.3 Å². The number of halogens is 5. The van der Waals surface area contributed by atoms with E-state index in [2.05, 4.69) is 49.3 Å². The number of imidazole rings is 1. The van der Waals surface area contributed by atoms with E-state index in [1.807, 2.05) is 0 Å². The fraction of sp³-hybridized carbons (Fsp3) is 0.318. The van der Waals surface area contributed by atoms with Gasteiger partial charge in [0.25, 0.3) is 0 Å². The zero-order valence-corrected chi connectivity index (χ0v) is 20.8. The van der Waals surface area contributed by atoms with Crippen LogP contribution in [0.5, 0.6) is 5.75 Å². The van der Waals surface area contributed by atoms with Gasteiger partial charge in [0.05, 0.1) is 18.1 Å². The summed E-state index contributed by atoms with van der Waals surface area (Å²) in [6.45, 7) is 5.73. The molecule has 1 aliphatic heterocycles. The first-order chi connectivity index (χ1) is 16.2. The minimum absolute atomic E-state index is 0. The maximum absolute atomic E-state index is 12.9. The summed E-state index contributed by atoms with van der Waals surface area (Å²) in [5.74, 6) is 0.449. The molecule has 4 heterocycles. The van der Waals surface area contributed by atoms with E-state index >= 15 is 0 Å². The third-order valence-electron chi connectivity index (χ3n) is 5.57. The van der Waals surface area contributed by atoms with Crippen molar-refractivity contribution in [3.8, 4) is 28.3 Å². The van der Waals surface area contributed by atoms with Crippen molar-refractivity contribution in [2.24, 2.45) is 0 Å². The molecule has 5 rings (SSSR count). The average molecular weight is 543 g/mol. The molecule has 9 nitrogen and oxygen atoms in total. The van der Waals surface area contributed by atoms with E-state index in [-0.39, 0.29) is 36.2 Å². The summed E-state index contributed by atoms with van der Waals surface area (Å²) >= 11 is 0. The first-order valence-electron chi connectivity index (χ1n) is 10.7. The van der Waals surface area contributed by atoms with Crippen LogP contribution < -0.4 is 10.2 Å². The molecule has 0 amide bonds. The lowest BCUT2D eigenvalue weighted by atomic mass is 10.1. The Kier molecular flexibility index (Phi) is 7.91. The first-order valence-corrected chi connectivity index (χ1v) is 10.7. The van der Waals surface area contributed by atoms with Gasteiger partial charge in [0.2, 0.25) is 5.95 Å². The minimum Gasteiger partial charge on any atom is -0.507 e. The van der Waals surface area contributed by atoms with Crippen molar-refractivity contribution in [3.63, 3.8) is 0 Å². The Balaban J connectivity index is 0.00000180. The minimum atomic E-state index is -4.56. The molecule has 1 saturated heterocycles. The monoisotopic (exact) mass is 542 g/mol. The summed E-state index contributed by atoms with van der Waals surface area (Å²) in [6.07, 6.45) is -2.17. The van der Waals surface area contributed by atoms with E-state index in [1.165, 1.54) is 12.1 Å². The van der Waals surface area contributed by atoms with Crippen LogP contribution in [0.25, 0.3) is 28.2 Å². The van der Waals surface area contributed by atoms with Gasteiger partial charge in [0.1, 0.15) is 11.4 Å². The van der Waals surface area contributed by atoms with Crippen LogP contribution in [0, 0.1) is 0 Å². The number of aromatic hydroxyl groups is 1. The summed E-state index contributed by atoms with van der Waals surface area (Å²) in [6, 6.07) is 8.40. The zero-order valence-electron chi connectivity index (χ0n) is 19.1. The van der Waals surface area contributed by atoms with Crippen molar-refractivity contribution in [2.75, 3.05) is 18.0 Å². The smallest absolute Gasteiger partial charge is 0.434 e. The summed E-state index contributed by atoms with van der Waals surface area (Å²) in [5, 5.41) is 26.7. The standard InChI is InChI=1S/C22H21F3N8O.2ClH/c1-12-9-32(10-13(2)27-12)21-26-8-17(29-30-21)15-4-3-14(7-18(15)34)16-5-6-20-28-19(22(23,24)25)11-33(20)31-16;;/h3-8,11-13,27,34H,9-10H2,1-2H3;2*1H/t12-,13+;;. The number of alkyl halides is 3. The Bertz CT molecular complexity index is 1340. The molecule has 0 saturated carbocycles. The molecular weight excluding hydrogens is 520 g/mol. The van der Waals surface area contributed by atoms with E-state index in [0.717, 1.165) is 23.8 Å². The molecule has 1 aliphatic rings. The Hall–Kier alpha value is -3.22. The summed E-state index contributed by atoms with van der Waals surface area (Å²) in [5.41, 5.74) is 0.784. The number of hydrogen-bond donors (Lipinski definition) is 2. The molecule has 2 atom stereocenters. The molecular formula is C22H23Cl2F3N8O. The van der Waals surface area contributed by atoms with Crippen LogP contribution in [0.15, 0.2) is 42.7 Å². The van der Waals surface area contributed by atoms with Gasteiger partial charge in [-0.2, -0.15) is 18.3 Å². The predicted octanol–water partition coefficient (Wildman–Crippen LogP) is 4.00. The molecule has 0 bridgehead atoms. The number of fused-ring (bicyclic) bond motifs is 1. The molecule has 1 aromatic carbocycles. The third-order valence-corrected chi connectivity index (χ3v) is 5.57. The number of rotatable bonds is 3. The lowest BCUT2D eigenvalue weighted by Gasteiger charge is -2.35. The second-order valence-electron chi connectivity index (χ2n) is 8.39. The van der Waals surface area contributed by atoms with Gasteiger partial charge in [-0.05, 0) is 38.1 Å². The van der Waals surface area contributed by atoms with Crippen LogP contribution in [0.4, 0.5) is 19.1 Å². The van der Waals surface area contributed by atoms with Gasteiger partial charge in [0.15, 0.2) is 11.3 Å². The lowest BCUT2D eigenvalue weighted by Crippen LogP contribution is -2.54. The van der Waals surface area contributed by atoms with E-state index in [0.29, 0.717) is 40.5 Å². The second kappa shape index (κ2) is 10.4. The van der Waals surface area contributed by atoms with Gasteiger partial charge < -0.3 is 15.3 Å². The third kappa shape index (κ3) is 5.45. The second-order valence-corrected chi connectivity index (χ2v) is 8.39. The number of anilines is 1. The van der Waals surface area contributed by atoms with Gasteiger partial charge in [-0.1, -0.05) is 6.07 Å². The van der Waals surface area contributed by atoms with Gasteiger partial charge in [-0.3, -0.25) is 0 Å². The van der Waals surface area contributed by atoms with Crippen LogP contribution in [0.3, 0.4) is 0 Å². The summed E-state index contributed by atoms with van der Waals surface area (Å²) in [7, 11) is 0. The van der Waals surface area contributed by atoms with Crippen molar-refractivity contribution < 1.29 is 18.3 Å². The molecule has 0 spiro atoms. The average Bonchev–Trinajstić information content (AvgIpc) is 3.23. The Morgan fingerprint density at radius 3 is 2.33 bits per heavy atom. The van der Waals surface area contributed by atoms with Crippen LogP contribution >= 0.6 is 24.8 Å². The zero-order chi connectivity index (χ0) is 24.0. The molecule has 4 aromatic rings. The topological polar surface area (TPSA) is 104 Å². The first kappa shape index (κ1) is 27.4. The maximum atomic E-state index is 12.9. The quantitative estimate of drug-likeness (QED) is 0.400. The van der Waals surface area contributed by atoms with Crippen LogP contribution in [-0.2, 0) is 6.18 Å². The molecule has 0 aliphatic carbocycles. The maximum Gasteiger partial charge on any atom is 0.434 e. The highest BCUT2D eigenvalue weighted by atomic mass is 35.5. The van der Waals surface area contributed by atoms with Crippen molar-refractivity contribution in [1.29, 1.82) is 0 Å². The summed E-state index contributed by atoms with van der Waals surface area (Å²) in [4.78, 5) is 10.0. The summed E-state index contributed by atoms with van der Waals surface area (Å²) < 4.78 is 39.8. The number of piperazine rings is 1. The van der Waals surface area contributed by atoms with E-state index in [1.54, 1.807) is 24.4 Å². The van der Waals surface area contributed by atoms with Crippen molar-refractivity contribution in [3.05, 3.63) is 48.4 Å². The van der Waals surface area contributed by atoms with Crippen LogP contribution in [0.2, 0.25) is 0 Å². The van der Waals surface area contributed by atoms with Crippen molar-refractivity contribution in [1.82, 2.24) is 35.1 Å². The fourth-order valence-corrected chi connectivity index (χ4v) is 4.11. The molecule has 0 unspecified atom stereocenters. The number of hydrogen-bond acceptors (Lipinski definition) is 8. The molecule has 2 N–H and O–H groups in total. The van der Waals surface area contributed by atoms with Crippen LogP contribution in [-0.4, -0.2) is 60.1 Å². The Labute approximate surface area is 216 Å². The van der Waals surface area contributed by atoms with Gasteiger partial charge >= 0.3 is 6.18 Å². The molecule has 3 aromatic heterocycles. The normalized spacial score (nSPS) is 18.0. The molecule has 14 heteroatoms. The Morgan fingerprint density at radius 2 is 1.72 bits per heavy atom. The van der Waals surface area contributed by atoms with Crippen molar-refractivity contribution in [2.45, 2.75) is 32.1 Å². The highest BCUT2D eigenvalue weighted by Gasteiger charge is 2.34. The molecule has 36 heavy (non-hydrogen) atoms. The highest BCUT2D eigenvalue weighted by Crippen LogP contribution is 2.32. The largest absolute Gasteiger partial charge is 0.507 e. The lowest BCUT2D eigenvalue weighted by molar-refractivity contribution is -0.140. The number of nitrogens with one attached hydrogen (secondary N) is 1. The van der Waals surface area contributed by atoms with E-state index in [9.17, 15) is 18.3 Å². The van der Waals surface area contributed by atoms with Crippen molar-refractivity contribution >= 4 is 36.4 Å². The SMILES string of the molecule is C[C@@H]1CN(c2ncc(-c3ccc(-c4ccc5nc(C(F)(F)F)cn5n4)cc3O)nn2)C[C@H](C)N1.Cl.Cl. The number of phenols is 1. The molecule has 0 radical (unpaired) electrons. The van der Waals surface area contributed by atoms with Crippen LogP contribution in [0.1, 0.15) is 19.5 Å². The number of aromatic nitrogens is 6. The van der Waals surface area contributed by atoms with E-state index < -0.39 is 11.9 Å². The highest BCUT2D eigenvalue weighted by molar-refractivity contribution is 5.85. The van der Waals surface area contributed by atoms with E-state index in [4.69, 9.17) is 0 Å². The van der Waals surface area contributed by atoms with Gasteiger partial charge in [-0.15, -0.1) is 35.0 Å². The molecule has 1 fully saturated rings. The molecule has 192 valence electrons. The number of phenolic OH excluding ortho intramolecular Hbond substituents is 1. The van der Waals surface area contributed by atoms with Gasteiger partial charge in [-0.25, -0.2) is 14.5 Å². The number of benzene rings is 1.